The summed E-state index contributed by atoms with van der Waals surface area (Å²) in [4.78, 5) is 14.8. The number of halogens is 1. The van der Waals surface area contributed by atoms with Crippen molar-refractivity contribution < 1.29 is 9.13 Å². The number of anilines is 1. The van der Waals surface area contributed by atoms with Crippen molar-refractivity contribution in [3.05, 3.63) is 77.7 Å². The third-order valence-electron chi connectivity index (χ3n) is 5.84. The van der Waals surface area contributed by atoms with Gasteiger partial charge in [0.2, 0.25) is 0 Å². The van der Waals surface area contributed by atoms with E-state index in [0.29, 0.717) is 12.1 Å². The van der Waals surface area contributed by atoms with Crippen molar-refractivity contribution in [3.63, 3.8) is 0 Å². The van der Waals surface area contributed by atoms with Crippen LogP contribution in [0.3, 0.4) is 0 Å². The first kappa shape index (κ1) is 21.0. The highest BCUT2D eigenvalue weighted by Gasteiger charge is 2.20. The average Bonchev–Trinajstić information content (AvgIpc) is 3.29. The minimum absolute atomic E-state index is 0.192. The monoisotopic (exact) mass is 448 g/mol. The molecule has 4 aromatic rings. The number of thiophene rings is 1. The van der Waals surface area contributed by atoms with Crippen molar-refractivity contribution in [2.24, 2.45) is 0 Å². The van der Waals surface area contributed by atoms with Gasteiger partial charge in [-0.1, -0.05) is 48.5 Å². The third kappa shape index (κ3) is 4.50. The number of morpholine rings is 1. The molecule has 0 aliphatic carbocycles. The van der Waals surface area contributed by atoms with Crippen LogP contribution in [-0.4, -0.2) is 54.3 Å². The number of hydrogen-bond acceptors (Lipinski definition) is 6. The number of benzene rings is 2. The molecule has 0 radical (unpaired) electrons. The Kier molecular flexibility index (Phi) is 6.39. The number of fused-ring (bicyclic) bond motifs is 1. The van der Waals surface area contributed by atoms with Gasteiger partial charge in [-0.05, 0) is 11.6 Å². The zero-order valence-corrected chi connectivity index (χ0v) is 18.6. The first-order chi connectivity index (χ1) is 15.8. The van der Waals surface area contributed by atoms with Gasteiger partial charge in [0.05, 0.1) is 18.6 Å². The molecule has 32 heavy (non-hydrogen) atoms. The van der Waals surface area contributed by atoms with Gasteiger partial charge in [-0.2, -0.15) is 0 Å². The summed E-state index contributed by atoms with van der Waals surface area (Å²) in [5.41, 5.74) is 2.91. The molecule has 7 heteroatoms. The fourth-order valence-corrected chi connectivity index (χ4v) is 5.02. The summed E-state index contributed by atoms with van der Waals surface area (Å²) >= 11 is 1.62. The minimum Gasteiger partial charge on any atom is -0.379 e. The lowest BCUT2D eigenvalue weighted by Crippen LogP contribution is -2.41. The van der Waals surface area contributed by atoms with E-state index in [4.69, 9.17) is 9.72 Å². The van der Waals surface area contributed by atoms with Gasteiger partial charge >= 0.3 is 0 Å². The lowest BCUT2D eigenvalue weighted by molar-refractivity contribution is 0.0391. The van der Waals surface area contributed by atoms with E-state index in [1.54, 1.807) is 23.7 Å². The summed E-state index contributed by atoms with van der Waals surface area (Å²) in [6, 6.07) is 17.3. The van der Waals surface area contributed by atoms with Crippen molar-refractivity contribution in [1.82, 2.24) is 14.9 Å². The molecule has 0 N–H and O–H groups in total. The zero-order valence-electron chi connectivity index (χ0n) is 17.8. The highest BCUT2D eigenvalue weighted by molar-refractivity contribution is 7.17. The van der Waals surface area contributed by atoms with Crippen molar-refractivity contribution in [1.29, 1.82) is 0 Å². The second kappa shape index (κ2) is 9.73. The Hall–Kier alpha value is -2.87. The average molecular weight is 449 g/mol. The second-order valence-corrected chi connectivity index (χ2v) is 8.72. The number of hydrogen-bond donors (Lipinski definition) is 0. The maximum absolute atomic E-state index is 14.6. The van der Waals surface area contributed by atoms with Crippen LogP contribution >= 0.6 is 11.3 Å². The Morgan fingerprint density at radius 1 is 1.00 bits per heavy atom. The molecule has 2 aromatic carbocycles. The fraction of sp³-hybridized carbons (Fsp3) is 0.280. The van der Waals surface area contributed by atoms with Gasteiger partial charge in [0.25, 0.3) is 0 Å². The summed E-state index contributed by atoms with van der Waals surface area (Å²) in [6.45, 7) is 5.41. The summed E-state index contributed by atoms with van der Waals surface area (Å²) in [6.07, 6.45) is 1.62. The molecule has 0 saturated carbocycles. The highest BCUT2D eigenvalue weighted by atomic mass is 32.1. The Bertz CT molecular complexity index is 1180. The molecule has 1 aliphatic heterocycles. The molecule has 5 nitrogen and oxygen atoms in total. The topological polar surface area (TPSA) is 41.5 Å². The van der Waals surface area contributed by atoms with Crippen LogP contribution in [0.2, 0.25) is 0 Å². The SMILES string of the molecule is Fc1ccccc1CN(CCN1CCOCC1)c1ncnc2scc(-c3ccccc3)c12. The van der Waals surface area contributed by atoms with Crippen LogP contribution in [0.5, 0.6) is 0 Å². The lowest BCUT2D eigenvalue weighted by atomic mass is 10.1. The van der Waals surface area contributed by atoms with E-state index in [0.717, 1.165) is 66.6 Å². The molecule has 164 valence electrons. The fourth-order valence-electron chi connectivity index (χ4n) is 4.11. The molecular formula is C25H25FN4OS. The van der Waals surface area contributed by atoms with Gasteiger partial charge in [-0.25, -0.2) is 14.4 Å². The van der Waals surface area contributed by atoms with E-state index in [1.165, 1.54) is 6.07 Å². The molecule has 0 spiro atoms. The van der Waals surface area contributed by atoms with Crippen LogP contribution in [0, 0.1) is 5.82 Å². The maximum atomic E-state index is 14.6. The summed E-state index contributed by atoms with van der Waals surface area (Å²) in [5.74, 6) is 0.661. The van der Waals surface area contributed by atoms with E-state index in [-0.39, 0.29) is 5.82 Å². The largest absolute Gasteiger partial charge is 0.379 e. The van der Waals surface area contributed by atoms with Crippen LogP contribution in [0.25, 0.3) is 21.3 Å². The van der Waals surface area contributed by atoms with Crippen LogP contribution in [-0.2, 0) is 11.3 Å². The second-order valence-electron chi connectivity index (χ2n) is 7.86. The molecule has 0 unspecified atom stereocenters. The molecule has 0 atom stereocenters. The number of rotatable bonds is 7. The van der Waals surface area contributed by atoms with Crippen LogP contribution < -0.4 is 4.90 Å². The first-order valence-electron chi connectivity index (χ1n) is 10.9. The van der Waals surface area contributed by atoms with Crippen molar-refractivity contribution in [2.45, 2.75) is 6.54 Å². The van der Waals surface area contributed by atoms with Gasteiger partial charge < -0.3 is 9.64 Å². The van der Waals surface area contributed by atoms with E-state index in [9.17, 15) is 4.39 Å². The summed E-state index contributed by atoms with van der Waals surface area (Å²) in [7, 11) is 0. The highest BCUT2D eigenvalue weighted by Crippen LogP contribution is 2.38. The quantitative estimate of drug-likeness (QED) is 0.405. The van der Waals surface area contributed by atoms with E-state index >= 15 is 0 Å². The van der Waals surface area contributed by atoms with Gasteiger partial charge in [0.1, 0.15) is 22.8 Å². The molecule has 0 bridgehead atoms. The number of aromatic nitrogens is 2. The van der Waals surface area contributed by atoms with E-state index in [2.05, 4.69) is 32.3 Å². The Morgan fingerprint density at radius 2 is 1.78 bits per heavy atom. The molecule has 5 rings (SSSR count). The van der Waals surface area contributed by atoms with Crippen LogP contribution in [0.4, 0.5) is 10.2 Å². The molecule has 1 aliphatic rings. The van der Waals surface area contributed by atoms with Gasteiger partial charge in [0.15, 0.2) is 0 Å². The third-order valence-corrected chi connectivity index (χ3v) is 6.73. The standard InChI is InChI=1S/C25H25FN4OS/c26-22-9-5-4-8-20(22)16-30(11-10-29-12-14-31-15-13-29)24-23-21(19-6-2-1-3-7-19)17-32-25(23)28-18-27-24/h1-9,17-18H,10-16H2. The predicted octanol–water partition coefficient (Wildman–Crippen LogP) is 4.84. The van der Waals surface area contributed by atoms with Gasteiger partial charge in [0, 0.05) is 49.2 Å². The van der Waals surface area contributed by atoms with Crippen molar-refractivity contribution >= 4 is 27.4 Å². The Morgan fingerprint density at radius 3 is 2.59 bits per heavy atom. The zero-order chi connectivity index (χ0) is 21.8. The van der Waals surface area contributed by atoms with Crippen molar-refractivity contribution in [3.8, 4) is 11.1 Å². The smallest absolute Gasteiger partial charge is 0.141 e. The number of ether oxygens (including phenoxy) is 1. The molecule has 0 amide bonds. The Balaban J connectivity index is 1.54. The molecule has 2 aromatic heterocycles. The summed E-state index contributed by atoms with van der Waals surface area (Å²) in [5, 5.41) is 3.17. The van der Waals surface area contributed by atoms with Crippen LogP contribution in [0.15, 0.2) is 66.3 Å². The Labute approximate surface area is 191 Å². The van der Waals surface area contributed by atoms with Crippen LogP contribution in [0.1, 0.15) is 5.56 Å². The van der Waals surface area contributed by atoms with Gasteiger partial charge in [-0.15, -0.1) is 11.3 Å². The lowest BCUT2D eigenvalue weighted by Gasteiger charge is -2.31. The normalized spacial score (nSPS) is 14.7. The molecular weight excluding hydrogens is 423 g/mol. The molecule has 1 fully saturated rings. The van der Waals surface area contributed by atoms with E-state index in [1.807, 2.05) is 30.3 Å². The van der Waals surface area contributed by atoms with E-state index < -0.39 is 0 Å². The maximum Gasteiger partial charge on any atom is 0.141 e. The van der Waals surface area contributed by atoms with Gasteiger partial charge in [-0.3, -0.25) is 4.90 Å². The summed E-state index contributed by atoms with van der Waals surface area (Å²) < 4.78 is 20.1. The molecule has 1 saturated heterocycles. The minimum atomic E-state index is -0.192. The first-order valence-corrected chi connectivity index (χ1v) is 11.7. The van der Waals surface area contributed by atoms with Crippen molar-refractivity contribution in [2.75, 3.05) is 44.3 Å². The predicted molar refractivity (Wildman–Crippen MR) is 128 cm³/mol. The number of nitrogens with zero attached hydrogens (tertiary/aromatic N) is 4. The molecule has 3 heterocycles.